The van der Waals surface area contributed by atoms with Crippen LogP contribution in [0.5, 0.6) is 0 Å². The SMILES string of the molecule is Cn1ncc2cc(-c3ccc(C(=O)NCCOCCO)cc3)ccc21. The minimum absolute atomic E-state index is 0.0136. The Labute approximate surface area is 146 Å². The molecule has 0 aliphatic carbocycles. The Kier molecular flexibility index (Phi) is 5.42. The Hall–Kier alpha value is -2.70. The smallest absolute Gasteiger partial charge is 0.251 e. The maximum atomic E-state index is 12.1. The van der Waals surface area contributed by atoms with Crippen molar-refractivity contribution in [3.8, 4) is 11.1 Å². The number of aliphatic hydroxyl groups is 1. The van der Waals surface area contributed by atoms with Crippen LogP contribution in [0.15, 0.2) is 48.7 Å². The summed E-state index contributed by atoms with van der Waals surface area (Å²) in [6.07, 6.45) is 1.85. The first-order valence-corrected chi connectivity index (χ1v) is 8.18. The van der Waals surface area contributed by atoms with Crippen LogP contribution in [0.4, 0.5) is 0 Å². The molecule has 0 bridgehead atoms. The lowest BCUT2D eigenvalue weighted by atomic mass is 10.0. The quantitative estimate of drug-likeness (QED) is 0.645. The van der Waals surface area contributed by atoms with Crippen LogP contribution in [0, 0.1) is 0 Å². The van der Waals surface area contributed by atoms with Gasteiger partial charge in [-0.25, -0.2) is 0 Å². The summed E-state index contributed by atoms with van der Waals surface area (Å²) in [6, 6.07) is 13.7. The minimum atomic E-state index is -0.137. The normalized spacial score (nSPS) is 11.0. The van der Waals surface area contributed by atoms with E-state index in [0.29, 0.717) is 18.7 Å². The fourth-order valence-corrected chi connectivity index (χ4v) is 2.66. The molecule has 0 radical (unpaired) electrons. The third-order valence-corrected chi connectivity index (χ3v) is 3.99. The van der Waals surface area contributed by atoms with Crippen LogP contribution >= 0.6 is 0 Å². The summed E-state index contributed by atoms with van der Waals surface area (Å²) in [6.45, 7) is 1.07. The number of rotatable bonds is 7. The molecule has 1 heterocycles. The van der Waals surface area contributed by atoms with Gasteiger partial charge in [-0.15, -0.1) is 0 Å². The third kappa shape index (κ3) is 4.04. The maximum absolute atomic E-state index is 12.1. The van der Waals surface area contributed by atoms with Gasteiger partial charge in [-0.05, 0) is 35.4 Å². The fourth-order valence-electron chi connectivity index (χ4n) is 2.66. The van der Waals surface area contributed by atoms with Gasteiger partial charge in [0.1, 0.15) is 0 Å². The standard InChI is InChI=1S/C19H21N3O3/c1-22-18-7-6-16(12-17(18)13-21-22)14-2-4-15(5-3-14)19(24)20-8-10-25-11-9-23/h2-7,12-13,23H,8-11H2,1H3,(H,20,24). The molecule has 0 aliphatic rings. The number of nitrogens with zero attached hydrogens (tertiary/aromatic N) is 2. The molecule has 2 N–H and O–H groups in total. The summed E-state index contributed by atoms with van der Waals surface area (Å²) in [5, 5.41) is 16.7. The van der Waals surface area contributed by atoms with Crippen molar-refractivity contribution in [2.45, 2.75) is 0 Å². The Morgan fingerprint density at radius 2 is 1.92 bits per heavy atom. The van der Waals surface area contributed by atoms with E-state index in [1.807, 2.05) is 48.3 Å². The molecule has 25 heavy (non-hydrogen) atoms. The summed E-state index contributed by atoms with van der Waals surface area (Å²) in [4.78, 5) is 12.1. The number of hydrogen-bond acceptors (Lipinski definition) is 4. The summed E-state index contributed by atoms with van der Waals surface area (Å²) in [7, 11) is 1.92. The largest absolute Gasteiger partial charge is 0.394 e. The highest BCUT2D eigenvalue weighted by atomic mass is 16.5. The van der Waals surface area contributed by atoms with Gasteiger partial charge in [0.2, 0.25) is 0 Å². The average molecular weight is 339 g/mol. The van der Waals surface area contributed by atoms with E-state index in [2.05, 4.69) is 22.5 Å². The molecule has 0 aliphatic heterocycles. The van der Waals surface area contributed by atoms with Crippen molar-refractivity contribution in [3.05, 3.63) is 54.2 Å². The van der Waals surface area contributed by atoms with E-state index in [0.717, 1.165) is 22.0 Å². The molecule has 0 unspecified atom stereocenters. The summed E-state index contributed by atoms with van der Waals surface area (Å²) in [5.41, 5.74) is 3.83. The molecule has 1 amide bonds. The molecule has 0 saturated heterocycles. The van der Waals surface area contributed by atoms with Gasteiger partial charge >= 0.3 is 0 Å². The van der Waals surface area contributed by atoms with Gasteiger partial charge in [0, 0.05) is 24.5 Å². The van der Waals surface area contributed by atoms with E-state index >= 15 is 0 Å². The van der Waals surface area contributed by atoms with Crippen LogP contribution in [0.1, 0.15) is 10.4 Å². The number of fused-ring (bicyclic) bond motifs is 1. The molecular weight excluding hydrogens is 318 g/mol. The first-order chi connectivity index (χ1) is 12.2. The van der Waals surface area contributed by atoms with E-state index in [-0.39, 0.29) is 19.1 Å². The molecule has 130 valence electrons. The van der Waals surface area contributed by atoms with Gasteiger partial charge in [0.05, 0.1) is 31.5 Å². The van der Waals surface area contributed by atoms with Gasteiger partial charge < -0.3 is 15.2 Å². The number of amides is 1. The van der Waals surface area contributed by atoms with Crippen LogP contribution in [0.2, 0.25) is 0 Å². The van der Waals surface area contributed by atoms with Crippen molar-refractivity contribution in [2.75, 3.05) is 26.4 Å². The number of carbonyl (C=O) groups is 1. The number of carbonyl (C=O) groups excluding carboxylic acids is 1. The first-order valence-electron chi connectivity index (χ1n) is 8.18. The van der Waals surface area contributed by atoms with Crippen LogP contribution in [-0.2, 0) is 11.8 Å². The van der Waals surface area contributed by atoms with Crippen molar-refractivity contribution in [1.82, 2.24) is 15.1 Å². The number of ether oxygens (including phenoxy) is 1. The predicted octanol–water partition coefficient (Wildman–Crippen LogP) is 1.98. The molecule has 3 aromatic rings. The van der Waals surface area contributed by atoms with Crippen molar-refractivity contribution in [1.29, 1.82) is 0 Å². The Balaban J connectivity index is 1.65. The van der Waals surface area contributed by atoms with Crippen LogP contribution in [0.3, 0.4) is 0 Å². The first kappa shape index (κ1) is 17.1. The molecule has 6 nitrogen and oxygen atoms in total. The molecule has 0 atom stereocenters. The minimum Gasteiger partial charge on any atom is -0.394 e. The predicted molar refractivity (Wildman–Crippen MR) is 96.4 cm³/mol. The lowest BCUT2D eigenvalue weighted by Gasteiger charge is -2.07. The highest BCUT2D eigenvalue weighted by molar-refractivity contribution is 5.94. The number of nitrogens with one attached hydrogen (secondary N) is 1. The highest BCUT2D eigenvalue weighted by Gasteiger charge is 2.07. The number of benzene rings is 2. The van der Waals surface area contributed by atoms with E-state index in [4.69, 9.17) is 9.84 Å². The molecular formula is C19H21N3O3. The Morgan fingerprint density at radius 1 is 1.16 bits per heavy atom. The molecule has 0 fully saturated rings. The lowest BCUT2D eigenvalue weighted by Crippen LogP contribution is -2.27. The highest BCUT2D eigenvalue weighted by Crippen LogP contribution is 2.24. The summed E-state index contributed by atoms with van der Waals surface area (Å²) in [5.74, 6) is -0.137. The van der Waals surface area contributed by atoms with Crippen molar-refractivity contribution in [2.24, 2.45) is 7.05 Å². The zero-order chi connectivity index (χ0) is 17.6. The molecule has 1 aromatic heterocycles. The van der Waals surface area contributed by atoms with Gasteiger partial charge in [-0.2, -0.15) is 5.10 Å². The van der Waals surface area contributed by atoms with Crippen molar-refractivity contribution in [3.63, 3.8) is 0 Å². The zero-order valence-corrected chi connectivity index (χ0v) is 14.1. The van der Waals surface area contributed by atoms with Crippen molar-refractivity contribution >= 4 is 16.8 Å². The molecule has 0 spiro atoms. The summed E-state index contributed by atoms with van der Waals surface area (Å²) >= 11 is 0. The summed E-state index contributed by atoms with van der Waals surface area (Å²) < 4.78 is 6.96. The number of hydrogen-bond donors (Lipinski definition) is 2. The molecule has 2 aromatic carbocycles. The fraction of sp³-hybridized carbons (Fsp3) is 0.263. The monoisotopic (exact) mass is 339 g/mol. The number of aliphatic hydroxyl groups excluding tert-OH is 1. The zero-order valence-electron chi connectivity index (χ0n) is 14.1. The Morgan fingerprint density at radius 3 is 2.68 bits per heavy atom. The average Bonchev–Trinajstić information content (AvgIpc) is 3.02. The van der Waals surface area contributed by atoms with Gasteiger partial charge in [-0.1, -0.05) is 18.2 Å². The van der Waals surface area contributed by atoms with Gasteiger partial charge in [-0.3, -0.25) is 9.48 Å². The van der Waals surface area contributed by atoms with Gasteiger partial charge in [0.25, 0.3) is 5.91 Å². The van der Waals surface area contributed by atoms with Gasteiger partial charge in [0.15, 0.2) is 0 Å². The van der Waals surface area contributed by atoms with Crippen molar-refractivity contribution < 1.29 is 14.6 Å². The van der Waals surface area contributed by atoms with E-state index < -0.39 is 0 Å². The topological polar surface area (TPSA) is 76.4 Å². The maximum Gasteiger partial charge on any atom is 0.251 e. The molecule has 0 saturated carbocycles. The van der Waals surface area contributed by atoms with Crippen LogP contribution in [0.25, 0.3) is 22.0 Å². The van der Waals surface area contributed by atoms with E-state index in [1.54, 1.807) is 0 Å². The second-order valence-electron chi connectivity index (χ2n) is 5.71. The Bertz CT molecular complexity index is 856. The van der Waals surface area contributed by atoms with Crippen LogP contribution in [-0.4, -0.2) is 47.2 Å². The molecule has 6 heteroatoms. The van der Waals surface area contributed by atoms with E-state index in [9.17, 15) is 4.79 Å². The van der Waals surface area contributed by atoms with Crippen LogP contribution < -0.4 is 5.32 Å². The second kappa shape index (κ2) is 7.92. The number of aromatic nitrogens is 2. The molecule has 3 rings (SSSR count). The second-order valence-corrected chi connectivity index (χ2v) is 5.71. The third-order valence-electron chi connectivity index (χ3n) is 3.99. The lowest BCUT2D eigenvalue weighted by molar-refractivity contribution is 0.0838. The number of aryl methyl sites for hydroxylation is 1. The van der Waals surface area contributed by atoms with E-state index in [1.165, 1.54) is 0 Å².